The Bertz CT molecular complexity index is 1190. The average Bonchev–Trinajstić information content (AvgIpc) is 3.15. The van der Waals surface area contributed by atoms with Crippen molar-refractivity contribution in [1.29, 1.82) is 0 Å². The van der Waals surface area contributed by atoms with Gasteiger partial charge in [-0.1, -0.05) is 18.2 Å². The Balaban J connectivity index is 1.91. The lowest BCUT2D eigenvalue weighted by Crippen LogP contribution is -2.31. The average molecular weight is 473 g/mol. The lowest BCUT2D eigenvalue weighted by atomic mass is 9.96. The molecule has 0 aliphatic rings. The number of nitrogens with zero attached hydrogens (tertiary/aromatic N) is 1. The molecule has 1 aromatic carbocycles. The lowest BCUT2D eigenvalue weighted by molar-refractivity contribution is 0.0782. The van der Waals surface area contributed by atoms with E-state index < -0.39 is 29.3 Å². The number of rotatable bonds is 8. The van der Waals surface area contributed by atoms with E-state index in [1.165, 1.54) is 24.3 Å². The topological polar surface area (TPSA) is 138 Å². The summed E-state index contributed by atoms with van der Waals surface area (Å²) in [6, 6.07) is 10.6. The van der Waals surface area contributed by atoms with E-state index in [9.17, 15) is 24.2 Å². The largest absolute Gasteiger partial charge is 0.392 e. The maximum atomic E-state index is 14.8. The third kappa shape index (κ3) is 5.92. The molecule has 2 amide bonds. The van der Waals surface area contributed by atoms with Crippen molar-refractivity contribution in [2.24, 2.45) is 5.73 Å². The summed E-state index contributed by atoms with van der Waals surface area (Å²) in [4.78, 5) is 28.9. The second-order valence-electron chi connectivity index (χ2n) is 8.06. The third-order valence-corrected chi connectivity index (χ3v) is 5.80. The molecule has 2 aromatic heterocycles. The number of pyridine rings is 1. The molecule has 1 unspecified atom stereocenters. The molecule has 0 saturated heterocycles. The second kappa shape index (κ2) is 9.65. The molecular formula is C23H25FN4O4S. The molecule has 0 fully saturated rings. The minimum absolute atomic E-state index is 0.0795. The number of carbonyl (C=O) groups excluding carboxylic acids is 2. The molecule has 0 aliphatic heterocycles. The number of aliphatic hydroxyl groups excluding tert-OH is 1. The number of amides is 2. The van der Waals surface area contributed by atoms with Crippen LogP contribution in [0.15, 0.2) is 42.5 Å². The standard InChI is InChI=1S/C23H25FN4O4S/c1-12(29)11-26-21(31)17-5-4-6-19(27-17)28-22-15(20(25)30)10-18(33-22)14-8-7-13(9-16(14)24)23(2,3)32/h4-10,12,29,32H,11H2,1-3H3,(H2,25,30)(H,26,31)(H,27,28). The van der Waals surface area contributed by atoms with Gasteiger partial charge >= 0.3 is 0 Å². The van der Waals surface area contributed by atoms with E-state index >= 15 is 0 Å². The first-order chi connectivity index (χ1) is 15.5. The van der Waals surface area contributed by atoms with E-state index in [0.29, 0.717) is 15.4 Å². The molecule has 6 N–H and O–H groups in total. The van der Waals surface area contributed by atoms with Crippen LogP contribution in [-0.4, -0.2) is 39.7 Å². The van der Waals surface area contributed by atoms with Crippen molar-refractivity contribution < 1.29 is 24.2 Å². The van der Waals surface area contributed by atoms with Gasteiger partial charge in [-0.2, -0.15) is 0 Å². The number of aliphatic hydroxyl groups is 2. The summed E-state index contributed by atoms with van der Waals surface area (Å²) in [6.45, 7) is 4.75. The van der Waals surface area contributed by atoms with Crippen LogP contribution in [0.1, 0.15) is 47.2 Å². The molecule has 8 nitrogen and oxygen atoms in total. The molecule has 0 aliphatic carbocycles. The number of carbonyl (C=O) groups is 2. The van der Waals surface area contributed by atoms with Crippen molar-refractivity contribution in [2.75, 3.05) is 11.9 Å². The first-order valence-electron chi connectivity index (χ1n) is 10.1. The van der Waals surface area contributed by atoms with Gasteiger partial charge in [-0.3, -0.25) is 9.59 Å². The van der Waals surface area contributed by atoms with E-state index in [2.05, 4.69) is 15.6 Å². The fourth-order valence-corrected chi connectivity index (χ4v) is 4.07. The first-order valence-corrected chi connectivity index (χ1v) is 10.9. The second-order valence-corrected chi connectivity index (χ2v) is 9.12. The SMILES string of the molecule is CC(O)CNC(=O)c1cccc(Nc2sc(-c3ccc(C(C)(C)O)cc3F)cc2C(N)=O)n1. The van der Waals surface area contributed by atoms with Gasteiger partial charge in [0.05, 0.1) is 17.3 Å². The number of halogens is 1. The Labute approximate surface area is 194 Å². The Morgan fingerprint density at radius 3 is 2.58 bits per heavy atom. The van der Waals surface area contributed by atoms with E-state index in [4.69, 9.17) is 5.73 Å². The molecule has 2 heterocycles. The van der Waals surface area contributed by atoms with Crippen LogP contribution < -0.4 is 16.4 Å². The van der Waals surface area contributed by atoms with Crippen LogP contribution in [0, 0.1) is 5.82 Å². The number of anilines is 2. The molecule has 0 radical (unpaired) electrons. The number of hydrogen-bond acceptors (Lipinski definition) is 7. The van der Waals surface area contributed by atoms with Crippen molar-refractivity contribution in [3.05, 3.63) is 65.1 Å². The quantitative estimate of drug-likeness (QED) is 0.342. The molecule has 0 bridgehead atoms. The summed E-state index contributed by atoms with van der Waals surface area (Å²) in [6.07, 6.45) is -0.698. The number of primary amides is 1. The summed E-state index contributed by atoms with van der Waals surface area (Å²) in [7, 11) is 0. The van der Waals surface area contributed by atoms with Gasteiger partial charge in [0.1, 0.15) is 22.3 Å². The molecule has 174 valence electrons. The number of aromatic nitrogens is 1. The monoisotopic (exact) mass is 472 g/mol. The normalized spacial score (nSPS) is 12.3. The number of nitrogens with one attached hydrogen (secondary N) is 2. The minimum atomic E-state index is -1.20. The Morgan fingerprint density at radius 1 is 1.24 bits per heavy atom. The van der Waals surface area contributed by atoms with Crippen LogP contribution in [0.3, 0.4) is 0 Å². The van der Waals surface area contributed by atoms with Crippen molar-refractivity contribution in [3.8, 4) is 10.4 Å². The highest BCUT2D eigenvalue weighted by Gasteiger charge is 2.21. The van der Waals surface area contributed by atoms with Gasteiger partial charge in [0, 0.05) is 17.0 Å². The van der Waals surface area contributed by atoms with E-state index in [-0.39, 0.29) is 29.2 Å². The Hall–Kier alpha value is -3.34. The Kier molecular flexibility index (Phi) is 7.11. The smallest absolute Gasteiger partial charge is 0.270 e. The highest BCUT2D eigenvalue weighted by Crippen LogP contribution is 2.38. The summed E-state index contributed by atoms with van der Waals surface area (Å²) >= 11 is 1.10. The highest BCUT2D eigenvalue weighted by atomic mass is 32.1. The maximum absolute atomic E-state index is 14.8. The van der Waals surface area contributed by atoms with Gasteiger partial charge < -0.3 is 26.6 Å². The molecule has 0 saturated carbocycles. The molecule has 10 heteroatoms. The molecule has 1 atom stereocenters. The van der Waals surface area contributed by atoms with Gasteiger partial charge in [-0.25, -0.2) is 9.37 Å². The predicted octanol–water partition coefficient (Wildman–Crippen LogP) is 3.13. The van der Waals surface area contributed by atoms with Crippen LogP contribution in [-0.2, 0) is 5.60 Å². The third-order valence-electron chi connectivity index (χ3n) is 4.72. The number of benzene rings is 1. The van der Waals surface area contributed by atoms with Gasteiger partial charge in [-0.05, 0) is 50.6 Å². The zero-order valence-electron chi connectivity index (χ0n) is 18.3. The van der Waals surface area contributed by atoms with Gasteiger partial charge in [0.25, 0.3) is 11.8 Å². The van der Waals surface area contributed by atoms with Crippen molar-refractivity contribution in [2.45, 2.75) is 32.5 Å². The first kappa shape index (κ1) is 24.3. The highest BCUT2D eigenvalue weighted by molar-refractivity contribution is 7.19. The van der Waals surface area contributed by atoms with E-state index in [0.717, 1.165) is 11.3 Å². The van der Waals surface area contributed by atoms with Crippen molar-refractivity contribution in [1.82, 2.24) is 10.3 Å². The summed E-state index contributed by atoms with van der Waals surface area (Å²) in [5, 5.41) is 25.3. The van der Waals surface area contributed by atoms with Crippen molar-refractivity contribution >= 4 is 34.0 Å². The lowest BCUT2D eigenvalue weighted by Gasteiger charge is -2.18. The molecule has 3 aromatic rings. The van der Waals surface area contributed by atoms with E-state index in [1.807, 2.05) is 0 Å². The minimum Gasteiger partial charge on any atom is -0.392 e. The molecule has 33 heavy (non-hydrogen) atoms. The number of nitrogens with two attached hydrogens (primary N) is 1. The van der Waals surface area contributed by atoms with Crippen LogP contribution in [0.5, 0.6) is 0 Å². The van der Waals surface area contributed by atoms with Crippen LogP contribution in [0.2, 0.25) is 0 Å². The van der Waals surface area contributed by atoms with Crippen molar-refractivity contribution in [3.63, 3.8) is 0 Å². The van der Waals surface area contributed by atoms with Gasteiger partial charge in [0.2, 0.25) is 0 Å². The fourth-order valence-electron chi connectivity index (χ4n) is 2.97. The Morgan fingerprint density at radius 2 is 1.97 bits per heavy atom. The summed E-state index contributed by atoms with van der Waals surface area (Å²) in [5.41, 5.74) is 5.26. The molecule has 0 spiro atoms. The van der Waals surface area contributed by atoms with Crippen LogP contribution in [0.4, 0.5) is 15.2 Å². The molecule has 3 rings (SSSR count). The van der Waals surface area contributed by atoms with Gasteiger partial charge in [-0.15, -0.1) is 11.3 Å². The number of thiophene rings is 1. The van der Waals surface area contributed by atoms with Crippen LogP contribution >= 0.6 is 11.3 Å². The van der Waals surface area contributed by atoms with E-state index in [1.54, 1.807) is 39.0 Å². The zero-order chi connectivity index (χ0) is 24.3. The number of hydrogen-bond donors (Lipinski definition) is 5. The molecular weight excluding hydrogens is 447 g/mol. The van der Waals surface area contributed by atoms with Crippen LogP contribution in [0.25, 0.3) is 10.4 Å². The summed E-state index contributed by atoms with van der Waals surface area (Å²) < 4.78 is 14.8. The zero-order valence-corrected chi connectivity index (χ0v) is 19.2. The van der Waals surface area contributed by atoms with Gasteiger partial charge in [0.15, 0.2) is 0 Å². The maximum Gasteiger partial charge on any atom is 0.270 e. The fraction of sp³-hybridized carbons (Fsp3) is 0.261. The predicted molar refractivity (Wildman–Crippen MR) is 125 cm³/mol. The summed E-state index contributed by atoms with van der Waals surface area (Å²) in [5.74, 6) is -1.43.